The molecular weight excluding hydrogens is 264 g/mol. The third-order valence-corrected chi connectivity index (χ3v) is 4.35. The van der Waals surface area contributed by atoms with Crippen molar-refractivity contribution in [2.45, 2.75) is 65.2 Å². The molecule has 0 aliphatic heterocycles. The first-order valence-electron chi connectivity index (χ1n) is 8.22. The number of rotatable bonds is 6. The first-order valence-corrected chi connectivity index (χ1v) is 8.22. The number of aromatic nitrogens is 2. The standard InChI is InChI=1S/C17H26N2O2/c1-4-7-15-14(17(20)21-6-3)11-18-16(19-15)13-9-8-12(5-2)10-13/h11-13H,4-10H2,1-3H3. The predicted octanol–water partition coefficient (Wildman–Crippen LogP) is 3.90. The van der Waals surface area contributed by atoms with E-state index in [1.807, 2.05) is 6.92 Å². The number of hydrogen-bond acceptors (Lipinski definition) is 4. The summed E-state index contributed by atoms with van der Waals surface area (Å²) >= 11 is 0. The summed E-state index contributed by atoms with van der Waals surface area (Å²) in [6.07, 6.45) is 8.29. The van der Waals surface area contributed by atoms with Crippen LogP contribution in [0.25, 0.3) is 0 Å². The van der Waals surface area contributed by atoms with Crippen LogP contribution in [-0.4, -0.2) is 22.5 Å². The molecule has 0 saturated heterocycles. The topological polar surface area (TPSA) is 52.1 Å². The Morgan fingerprint density at radius 1 is 1.33 bits per heavy atom. The van der Waals surface area contributed by atoms with Crippen molar-refractivity contribution < 1.29 is 9.53 Å². The average Bonchev–Trinajstić information content (AvgIpc) is 2.96. The largest absolute Gasteiger partial charge is 0.462 e. The van der Waals surface area contributed by atoms with Crippen LogP contribution >= 0.6 is 0 Å². The zero-order valence-electron chi connectivity index (χ0n) is 13.4. The van der Waals surface area contributed by atoms with Gasteiger partial charge in [0.1, 0.15) is 5.82 Å². The molecule has 0 radical (unpaired) electrons. The van der Waals surface area contributed by atoms with E-state index in [2.05, 4.69) is 18.8 Å². The normalized spacial score (nSPS) is 21.5. The number of aryl methyl sites for hydroxylation is 1. The molecule has 0 N–H and O–H groups in total. The molecule has 1 fully saturated rings. The van der Waals surface area contributed by atoms with E-state index < -0.39 is 0 Å². The average molecular weight is 290 g/mol. The van der Waals surface area contributed by atoms with Crippen LogP contribution in [-0.2, 0) is 11.2 Å². The smallest absolute Gasteiger partial charge is 0.341 e. The minimum atomic E-state index is -0.301. The van der Waals surface area contributed by atoms with Crippen LogP contribution in [0.5, 0.6) is 0 Å². The Hall–Kier alpha value is -1.45. The molecule has 0 aromatic carbocycles. The number of esters is 1. The lowest BCUT2D eigenvalue weighted by molar-refractivity contribution is 0.0523. The van der Waals surface area contributed by atoms with Gasteiger partial charge in [0.15, 0.2) is 0 Å². The first-order chi connectivity index (χ1) is 10.2. The number of carbonyl (C=O) groups excluding carboxylic acids is 1. The van der Waals surface area contributed by atoms with Gasteiger partial charge in [-0.2, -0.15) is 0 Å². The van der Waals surface area contributed by atoms with Gasteiger partial charge in [0.05, 0.1) is 17.9 Å². The van der Waals surface area contributed by atoms with Crippen LogP contribution in [0, 0.1) is 5.92 Å². The van der Waals surface area contributed by atoms with Gasteiger partial charge < -0.3 is 4.74 Å². The Balaban J connectivity index is 2.21. The van der Waals surface area contributed by atoms with Crippen molar-refractivity contribution in [3.8, 4) is 0 Å². The fourth-order valence-corrected chi connectivity index (χ4v) is 3.12. The van der Waals surface area contributed by atoms with Crippen LogP contribution < -0.4 is 0 Å². The molecule has 1 heterocycles. The van der Waals surface area contributed by atoms with Crippen molar-refractivity contribution in [3.05, 3.63) is 23.3 Å². The fraction of sp³-hybridized carbons (Fsp3) is 0.706. The highest BCUT2D eigenvalue weighted by molar-refractivity contribution is 5.90. The predicted molar refractivity (Wildman–Crippen MR) is 82.4 cm³/mol. The molecule has 2 unspecified atom stereocenters. The maximum atomic E-state index is 12.0. The van der Waals surface area contributed by atoms with Gasteiger partial charge in [-0.05, 0) is 38.5 Å². The molecule has 1 aliphatic rings. The molecule has 4 heteroatoms. The molecule has 116 valence electrons. The van der Waals surface area contributed by atoms with Crippen molar-refractivity contribution in [1.29, 1.82) is 0 Å². The Morgan fingerprint density at radius 2 is 2.14 bits per heavy atom. The molecule has 1 aliphatic carbocycles. The number of hydrogen-bond donors (Lipinski definition) is 0. The minimum Gasteiger partial charge on any atom is -0.462 e. The second kappa shape index (κ2) is 7.53. The zero-order valence-corrected chi connectivity index (χ0v) is 13.4. The van der Waals surface area contributed by atoms with Crippen LogP contribution in [0.1, 0.15) is 80.7 Å². The second-order valence-electron chi connectivity index (χ2n) is 5.84. The summed E-state index contributed by atoms with van der Waals surface area (Å²) in [7, 11) is 0. The van der Waals surface area contributed by atoms with Crippen LogP contribution in [0.2, 0.25) is 0 Å². The first kappa shape index (κ1) is 15.9. The number of carbonyl (C=O) groups is 1. The molecule has 21 heavy (non-hydrogen) atoms. The quantitative estimate of drug-likeness (QED) is 0.746. The number of ether oxygens (including phenoxy) is 1. The molecule has 2 atom stereocenters. The fourth-order valence-electron chi connectivity index (χ4n) is 3.12. The van der Waals surface area contributed by atoms with Gasteiger partial charge >= 0.3 is 5.97 Å². The summed E-state index contributed by atoms with van der Waals surface area (Å²) in [6, 6.07) is 0. The summed E-state index contributed by atoms with van der Waals surface area (Å²) in [4.78, 5) is 21.1. The molecule has 0 amide bonds. The summed E-state index contributed by atoms with van der Waals surface area (Å²) in [6.45, 7) is 6.54. The van der Waals surface area contributed by atoms with Crippen molar-refractivity contribution >= 4 is 5.97 Å². The van der Waals surface area contributed by atoms with Crippen LogP contribution in [0.3, 0.4) is 0 Å². The monoisotopic (exact) mass is 290 g/mol. The summed E-state index contributed by atoms with van der Waals surface area (Å²) in [5.41, 5.74) is 1.38. The highest BCUT2D eigenvalue weighted by atomic mass is 16.5. The molecular formula is C17H26N2O2. The highest BCUT2D eigenvalue weighted by Crippen LogP contribution is 2.38. The maximum absolute atomic E-state index is 12.0. The van der Waals surface area contributed by atoms with Gasteiger partial charge in [-0.25, -0.2) is 14.8 Å². The molecule has 0 bridgehead atoms. The van der Waals surface area contributed by atoms with Gasteiger partial charge in [-0.3, -0.25) is 0 Å². The molecule has 4 nitrogen and oxygen atoms in total. The third-order valence-electron chi connectivity index (χ3n) is 4.35. The molecule has 1 saturated carbocycles. The van der Waals surface area contributed by atoms with E-state index in [0.29, 0.717) is 18.1 Å². The van der Waals surface area contributed by atoms with Gasteiger partial charge in [-0.1, -0.05) is 26.7 Å². The van der Waals surface area contributed by atoms with E-state index in [-0.39, 0.29) is 5.97 Å². The summed E-state index contributed by atoms with van der Waals surface area (Å²) in [5, 5.41) is 0. The van der Waals surface area contributed by atoms with Gasteiger partial charge in [0.25, 0.3) is 0 Å². The van der Waals surface area contributed by atoms with Crippen molar-refractivity contribution in [3.63, 3.8) is 0 Å². The van der Waals surface area contributed by atoms with Crippen LogP contribution in [0.15, 0.2) is 6.20 Å². The van der Waals surface area contributed by atoms with Gasteiger partial charge in [0, 0.05) is 12.1 Å². The van der Waals surface area contributed by atoms with Gasteiger partial charge in [-0.15, -0.1) is 0 Å². The molecule has 1 aromatic heterocycles. The van der Waals surface area contributed by atoms with E-state index in [1.165, 1.54) is 25.7 Å². The Bertz CT molecular complexity index is 488. The zero-order chi connectivity index (χ0) is 15.2. The maximum Gasteiger partial charge on any atom is 0.341 e. The van der Waals surface area contributed by atoms with Crippen molar-refractivity contribution in [1.82, 2.24) is 9.97 Å². The molecule has 1 aromatic rings. The van der Waals surface area contributed by atoms with Crippen LogP contribution in [0.4, 0.5) is 0 Å². The van der Waals surface area contributed by atoms with Crippen molar-refractivity contribution in [2.24, 2.45) is 5.92 Å². The van der Waals surface area contributed by atoms with E-state index in [9.17, 15) is 4.79 Å². The van der Waals surface area contributed by atoms with E-state index in [4.69, 9.17) is 9.72 Å². The number of nitrogens with zero attached hydrogens (tertiary/aromatic N) is 2. The van der Waals surface area contributed by atoms with E-state index in [1.54, 1.807) is 6.20 Å². The van der Waals surface area contributed by atoms with Crippen molar-refractivity contribution in [2.75, 3.05) is 6.61 Å². The van der Waals surface area contributed by atoms with E-state index >= 15 is 0 Å². The lowest BCUT2D eigenvalue weighted by Gasteiger charge is -2.13. The lowest BCUT2D eigenvalue weighted by atomic mass is 10.0. The Kier molecular flexibility index (Phi) is 5.71. The van der Waals surface area contributed by atoms with Gasteiger partial charge in [0.2, 0.25) is 0 Å². The lowest BCUT2D eigenvalue weighted by Crippen LogP contribution is -2.13. The Morgan fingerprint density at radius 3 is 2.76 bits per heavy atom. The summed E-state index contributed by atoms with van der Waals surface area (Å²) < 4.78 is 5.10. The van der Waals surface area contributed by atoms with E-state index in [0.717, 1.165) is 30.3 Å². The minimum absolute atomic E-state index is 0.301. The highest BCUT2D eigenvalue weighted by Gasteiger charge is 2.27. The second-order valence-corrected chi connectivity index (χ2v) is 5.84. The molecule has 0 spiro atoms. The summed E-state index contributed by atoms with van der Waals surface area (Å²) in [5.74, 6) is 1.88. The Labute approximate surface area is 127 Å². The molecule has 2 rings (SSSR count). The SMILES string of the molecule is CCCc1nc(C2CCC(CC)C2)ncc1C(=O)OCC. The third kappa shape index (κ3) is 3.80.